The molecule has 2 aliphatic heterocycles. The predicted octanol–water partition coefficient (Wildman–Crippen LogP) is 2.37. The second kappa shape index (κ2) is 7.13. The lowest BCUT2D eigenvalue weighted by molar-refractivity contribution is 0.122. The van der Waals surface area contributed by atoms with E-state index in [9.17, 15) is 0 Å². The molecule has 0 saturated carbocycles. The lowest BCUT2D eigenvalue weighted by Crippen LogP contribution is -2.36. The zero-order valence-electron chi connectivity index (χ0n) is 14.0. The third-order valence-electron chi connectivity index (χ3n) is 4.41. The third kappa shape index (κ3) is 3.03. The molecule has 1 aromatic heterocycles. The van der Waals surface area contributed by atoms with Gasteiger partial charge in [0.05, 0.1) is 43.4 Å². The fourth-order valence-corrected chi connectivity index (χ4v) is 4.35. The van der Waals surface area contributed by atoms with Crippen molar-refractivity contribution in [1.82, 2.24) is 4.98 Å². The Bertz CT molecular complexity index is 694. The van der Waals surface area contributed by atoms with Gasteiger partial charge in [0.1, 0.15) is 11.3 Å². The quantitative estimate of drug-likeness (QED) is 0.845. The van der Waals surface area contributed by atoms with E-state index in [1.807, 2.05) is 6.92 Å². The average molecular weight is 349 g/mol. The van der Waals surface area contributed by atoms with Crippen LogP contribution >= 0.6 is 11.3 Å². The molecule has 6 nitrogen and oxygen atoms in total. The van der Waals surface area contributed by atoms with Gasteiger partial charge in [0.25, 0.3) is 0 Å². The molecule has 0 spiro atoms. The van der Waals surface area contributed by atoms with Gasteiger partial charge in [0.15, 0.2) is 5.13 Å². The highest BCUT2D eigenvalue weighted by Crippen LogP contribution is 2.41. The Hall–Kier alpha value is -1.57. The van der Waals surface area contributed by atoms with Crippen LogP contribution in [-0.2, 0) is 9.47 Å². The number of morpholine rings is 2. The van der Waals surface area contributed by atoms with Crippen molar-refractivity contribution in [1.29, 1.82) is 0 Å². The van der Waals surface area contributed by atoms with Crippen LogP contribution in [-0.4, -0.2) is 64.2 Å². The number of ether oxygens (including phenoxy) is 3. The van der Waals surface area contributed by atoms with Crippen LogP contribution < -0.4 is 14.5 Å². The van der Waals surface area contributed by atoms with E-state index in [0.29, 0.717) is 6.61 Å². The molecule has 7 heteroatoms. The molecule has 0 N–H and O–H groups in total. The second-order valence-electron chi connectivity index (χ2n) is 5.89. The van der Waals surface area contributed by atoms with Gasteiger partial charge in [-0.3, -0.25) is 0 Å². The summed E-state index contributed by atoms with van der Waals surface area (Å²) < 4.78 is 18.0. The Kier molecular flexibility index (Phi) is 4.73. The third-order valence-corrected chi connectivity index (χ3v) is 5.55. The highest BCUT2D eigenvalue weighted by molar-refractivity contribution is 7.22. The number of hydrogen-bond donors (Lipinski definition) is 0. The summed E-state index contributed by atoms with van der Waals surface area (Å²) in [5.41, 5.74) is 2.22. The molecular formula is C17H23N3O3S. The maximum Gasteiger partial charge on any atom is 0.186 e. The van der Waals surface area contributed by atoms with E-state index in [4.69, 9.17) is 19.2 Å². The van der Waals surface area contributed by atoms with Crippen molar-refractivity contribution < 1.29 is 14.2 Å². The van der Waals surface area contributed by atoms with Crippen molar-refractivity contribution >= 4 is 32.4 Å². The Morgan fingerprint density at radius 3 is 2.38 bits per heavy atom. The van der Waals surface area contributed by atoms with E-state index in [-0.39, 0.29) is 0 Å². The maximum atomic E-state index is 5.82. The highest BCUT2D eigenvalue weighted by Gasteiger charge is 2.22. The summed E-state index contributed by atoms with van der Waals surface area (Å²) in [5.74, 6) is 0.875. The SMILES string of the molecule is CCOc1ccc(N2CCOCC2)c2sc(N3CCOCC3)nc12. The van der Waals surface area contributed by atoms with E-state index >= 15 is 0 Å². The van der Waals surface area contributed by atoms with Crippen LogP contribution in [0.2, 0.25) is 0 Å². The standard InChI is InChI=1S/C17H23N3O3S/c1-2-23-14-4-3-13(19-5-9-21-10-6-19)16-15(14)18-17(24-16)20-7-11-22-12-8-20/h3-4H,2,5-12H2,1H3. The predicted molar refractivity (Wildman–Crippen MR) is 96.9 cm³/mol. The minimum atomic E-state index is 0.649. The molecule has 0 bridgehead atoms. The average Bonchev–Trinajstić information content (AvgIpc) is 3.09. The normalized spacial score (nSPS) is 19.0. The molecular weight excluding hydrogens is 326 g/mol. The van der Waals surface area contributed by atoms with E-state index < -0.39 is 0 Å². The zero-order chi connectivity index (χ0) is 16.4. The van der Waals surface area contributed by atoms with Gasteiger partial charge in [0.2, 0.25) is 0 Å². The van der Waals surface area contributed by atoms with Gasteiger partial charge in [-0.15, -0.1) is 0 Å². The van der Waals surface area contributed by atoms with Crippen molar-refractivity contribution in [2.45, 2.75) is 6.92 Å². The Morgan fingerprint density at radius 2 is 1.71 bits per heavy atom. The lowest BCUT2D eigenvalue weighted by atomic mass is 10.2. The molecule has 4 rings (SSSR count). The van der Waals surface area contributed by atoms with Gasteiger partial charge < -0.3 is 24.0 Å². The Labute approximate surface area is 145 Å². The highest BCUT2D eigenvalue weighted by atomic mass is 32.1. The fraction of sp³-hybridized carbons (Fsp3) is 0.588. The van der Waals surface area contributed by atoms with E-state index in [2.05, 4.69) is 21.9 Å². The first kappa shape index (κ1) is 15.9. The van der Waals surface area contributed by atoms with Crippen molar-refractivity contribution in [3.05, 3.63) is 12.1 Å². The van der Waals surface area contributed by atoms with Crippen LogP contribution in [0.1, 0.15) is 6.92 Å². The number of nitrogens with zero attached hydrogens (tertiary/aromatic N) is 3. The smallest absolute Gasteiger partial charge is 0.186 e. The van der Waals surface area contributed by atoms with Crippen LogP contribution in [0.4, 0.5) is 10.8 Å². The zero-order valence-corrected chi connectivity index (χ0v) is 14.8. The molecule has 2 aliphatic rings. The number of anilines is 2. The van der Waals surface area contributed by atoms with Gasteiger partial charge in [-0.05, 0) is 19.1 Å². The van der Waals surface area contributed by atoms with Crippen LogP contribution in [0.5, 0.6) is 5.75 Å². The van der Waals surface area contributed by atoms with Crippen molar-refractivity contribution in [2.75, 3.05) is 69.0 Å². The van der Waals surface area contributed by atoms with Crippen LogP contribution in [0, 0.1) is 0 Å². The molecule has 0 unspecified atom stereocenters. The molecule has 1 aromatic carbocycles. The van der Waals surface area contributed by atoms with Crippen molar-refractivity contribution in [3.8, 4) is 5.75 Å². The van der Waals surface area contributed by atoms with Crippen LogP contribution in [0.15, 0.2) is 12.1 Å². The van der Waals surface area contributed by atoms with E-state index in [1.54, 1.807) is 11.3 Å². The summed E-state index contributed by atoms with van der Waals surface area (Å²) in [5, 5.41) is 1.06. The van der Waals surface area contributed by atoms with E-state index in [0.717, 1.165) is 69.0 Å². The summed E-state index contributed by atoms with van der Waals surface area (Å²) in [6.45, 7) is 9.41. The molecule has 0 amide bonds. The molecule has 2 aromatic rings. The summed E-state index contributed by atoms with van der Waals surface area (Å²) in [6.07, 6.45) is 0. The molecule has 0 atom stereocenters. The van der Waals surface area contributed by atoms with Gasteiger partial charge in [0, 0.05) is 26.2 Å². The van der Waals surface area contributed by atoms with Crippen LogP contribution in [0.25, 0.3) is 10.2 Å². The first-order chi connectivity index (χ1) is 11.9. The van der Waals surface area contributed by atoms with Crippen molar-refractivity contribution in [3.63, 3.8) is 0 Å². The summed E-state index contributed by atoms with van der Waals surface area (Å²) in [7, 11) is 0. The van der Waals surface area contributed by atoms with Gasteiger partial charge in [-0.2, -0.15) is 0 Å². The number of thiazole rings is 1. The Balaban J connectivity index is 1.75. The topological polar surface area (TPSA) is 47.1 Å². The lowest BCUT2D eigenvalue weighted by Gasteiger charge is -2.29. The number of aromatic nitrogens is 1. The fourth-order valence-electron chi connectivity index (χ4n) is 3.17. The summed E-state index contributed by atoms with van der Waals surface area (Å²) in [4.78, 5) is 9.62. The molecule has 3 heterocycles. The molecule has 130 valence electrons. The van der Waals surface area contributed by atoms with Crippen molar-refractivity contribution in [2.24, 2.45) is 0 Å². The summed E-state index contributed by atoms with van der Waals surface area (Å²) >= 11 is 1.76. The molecule has 24 heavy (non-hydrogen) atoms. The van der Waals surface area contributed by atoms with Crippen LogP contribution in [0.3, 0.4) is 0 Å². The van der Waals surface area contributed by atoms with Gasteiger partial charge in [-0.1, -0.05) is 11.3 Å². The first-order valence-electron chi connectivity index (χ1n) is 8.58. The summed E-state index contributed by atoms with van der Waals surface area (Å²) in [6, 6.07) is 4.22. The minimum Gasteiger partial charge on any atom is -0.492 e. The number of hydrogen-bond acceptors (Lipinski definition) is 7. The monoisotopic (exact) mass is 349 g/mol. The second-order valence-corrected chi connectivity index (χ2v) is 6.87. The molecule has 2 fully saturated rings. The first-order valence-corrected chi connectivity index (χ1v) is 9.40. The molecule has 2 saturated heterocycles. The molecule has 0 aliphatic carbocycles. The van der Waals surface area contributed by atoms with E-state index in [1.165, 1.54) is 10.4 Å². The maximum absolute atomic E-state index is 5.82. The Morgan fingerprint density at radius 1 is 1.04 bits per heavy atom. The number of rotatable bonds is 4. The molecule has 0 radical (unpaired) electrons. The van der Waals surface area contributed by atoms with Gasteiger partial charge >= 0.3 is 0 Å². The minimum absolute atomic E-state index is 0.649. The van der Waals surface area contributed by atoms with Gasteiger partial charge in [-0.25, -0.2) is 4.98 Å². The largest absolute Gasteiger partial charge is 0.492 e. The number of benzene rings is 1. The number of fused-ring (bicyclic) bond motifs is 1.